The van der Waals surface area contributed by atoms with Gasteiger partial charge in [-0.1, -0.05) is 0 Å². The number of ether oxygens (including phenoxy) is 3. The van der Waals surface area contributed by atoms with Crippen LogP contribution in [0.3, 0.4) is 0 Å². The molecule has 1 aliphatic carbocycles. The molecule has 30 heavy (non-hydrogen) atoms. The number of methoxy groups -OCH3 is 2. The topological polar surface area (TPSA) is 89.9 Å². The minimum Gasteiger partial charge on any atom is -0.493 e. The van der Waals surface area contributed by atoms with E-state index in [0.29, 0.717) is 11.5 Å². The van der Waals surface area contributed by atoms with Crippen molar-refractivity contribution in [3.8, 4) is 11.5 Å². The Bertz CT molecular complexity index is 907. The Balaban J connectivity index is 2.08. The van der Waals surface area contributed by atoms with E-state index in [1.165, 1.54) is 0 Å². The lowest BCUT2D eigenvalue weighted by molar-refractivity contribution is 0.0495. The number of aryl methyl sites for hydroxylation is 1. The maximum Gasteiger partial charge on any atom is 0.407 e. The van der Waals surface area contributed by atoms with Crippen LogP contribution in [0.15, 0.2) is 30.6 Å². The summed E-state index contributed by atoms with van der Waals surface area (Å²) in [7, 11) is 3.22. The zero-order chi connectivity index (χ0) is 21.9. The minimum absolute atomic E-state index is 0.137. The second-order valence-corrected chi connectivity index (χ2v) is 8.41. The summed E-state index contributed by atoms with van der Waals surface area (Å²) in [4.78, 5) is 16.7. The first kappa shape index (κ1) is 21.9. The normalized spacial score (nSPS) is 18.3. The van der Waals surface area contributed by atoms with Crippen LogP contribution in [0.1, 0.15) is 55.4 Å². The van der Waals surface area contributed by atoms with Gasteiger partial charge in [0, 0.05) is 24.4 Å². The number of fused-ring (bicyclic) bond motifs is 1. The van der Waals surface area contributed by atoms with Crippen molar-refractivity contribution < 1.29 is 24.1 Å². The zero-order valence-corrected chi connectivity index (χ0v) is 18.2. The lowest BCUT2D eigenvalue weighted by Crippen LogP contribution is -2.44. The lowest BCUT2D eigenvalue weighted by Gasteiger charge is -2.36. The maximum atomic E-state index is 12.6. The van der Waals surface area contributed by atoms with E-state index in [1.807, 2.05) is 39.0 Å². The summed E-state index contributed by atoms with van der Waals surface area (Å²) in [6.07, 6.45) is 4.40. The molecule has 2 atom stereocenters. The highest BCUT2D eigenvalue weighted by Gasteiger charge is 2.35. The summed E-state index contributed by atoms with van der Waals surface area (Å²) in [5.41, 5.74) is 3.21. The minimum atomic E-state index is -0.588. The van der Waals surface area contributed by atoms with Crippen LogP contribution in [0.5, 0.6) is 11.5 Å². The predicted octanol–water partition coefficient (Wildman–Crippen LogP) is 3.56. The molecule has 2 aromatic rings. The highest BCUT2D eigenvalue weighted by atomic mass is 16.6. The summed E-state index contributed by atoms with van der Waals surface area (Å²) in [5.74, 6) is 1.11. The number of aliphatic hydroxyl groups excluding tert-OH is 1. The van der Waals surface area contributed by atoms with E-state index in [0.717, 1.165) is 35.1 Å². The van der Waals surface area contributed by atoms with E-state index in [1.54, 1.807) is 26.6 Å². The zero-order valence-electron chi connectivity index (χ0n) is 18.2. The largest absolute Gasteiger partial charge is 0.493 e. The number of amides is 1. The van der Waals surface area contributed by atoms with Crippen molar-refractivity contribution in [3.63, 3.8) is 0 Å². The Morgan fingerprint density at radius 2 is 1.90 bits per heavy atom. The fourth-order valence-corrected chi connectivity index (χ4v) is 4.01. The van der Waals surface area contributed by atoms with Gasteiger partial charge in [-0.15, -0.1) is 0 Å². The average Bonchev–Trinajstić information content (AvgIpc) is 2.71. The number of alkyl carbamates (subject to hydrolysis) is 1. The molecule has 0 bridgehead atoms. The van der Waals surface area contributed by atoms with Gasteiger partial charge in [-0.05, 0) is 74.1 Å². The van der Waals surface area contributed by atoms with Crippen molar-refractivity contribution in [2.24, 2.45) is 0 Å². The molecule has 1 heterocycles. The van der Waals surface area contributed by atoms with Gasteiger partial charge in [-0.2, -0.15) is 0 Å². The molecule has 7 heteroatoms. The van der Waals surface area contributed by atoms with Crippen LogP contribution in [0.25, 0.3) is 0 Å². The number of nitrogens with zero attached hydrogens (tertiary/aromatic N) is 1. The molecule has 1 aliphatic rings. The summed E-state index contributed by atoms with van der Waals surface area (Å²) >= 11 is 0. The molecule has 1 aromatic carbocycles. The van der Waals surface area contributed by atoms with Gasteiger partial charge in [0.05, 0.1) is 20.8 Å². The first-order valence-corrected chi connectivity index (χ1v) is 10.0. The molecule has 0 saturated carbocycles. The molecule has 0 fully saturated rings. The number of benzene rings is 1. The quantitative estimate of drug-likeness (QED) is 0.778. The second kappa shape index (κ2) is 8.92. The van der Waals surface area contributed by atoms with Crippen LogP contribution in [-0.4, -0.2) is 42.0 Å². The third-order valence-electron chi connectivity index (χ3n) is 5.26. The highest BCUT2D eigenvalue weighted by molar-refractivity contribution is 5.69. The lowest BCUT2D eigenvalue weighted by atomic mass is 9.74. The Hall–Kier alpha value is -2.80. The smallest absolute Gasteiger partial charge is 0.407 e. The van der Waals surface area contributed by atoms with Gasteiger partial charge < -0.3 is 24.6 Å². The first-order chi connectivity index (χ1) is 14.3. The number of hydrogen-bond donors (Lipinski definition) is 2. The van der Waals surface area contributed by atoms with Gasteiger partial charge in [0.2, 0.25) is 0 Å². The molecule has 7 nitrogen and oxygen atoms in total. The van der Waals surface area contributed by atoms with Gasteiger partial charge in [-0.25, -0.2) is 4.79 Å². The molecule has 0 unspecified atom stereocenters. The van der Waals surface area contributed by atoms with Crippen molar-refractivity contribution in [1.82, 2.24) is 10.3 Å². The van der Waals surface area contributed by atoms with Crippen LogP contribution < -0.4 is 14.8 Å². The van der Waals surface area contributed by atoms with Gasteiger partial charge in [0.15, 0.2) is 11.5 Å². The number of aliphatic hydroxyl groups is 1. The van der Waals surface area contributed by atoms with Gasteiger partial charge >= 0.3 is 6.09 Å². The standard InChI is InChI=1S/C23H30N2O5/c1-23(2,3)30-22(27)25-18-7-6-14-10-19(28-4)20(29-5)11-17(14)21(18)16-8-9-24-12-15(16)13-26/h8-12,18,21,26H,6-7,13H2,1-5H3,(H,25,27)/t18-,21-/m1/s1. The summed E-state index contributed by atoms with van der Waals surface area (Å²) in [6, 6.07) is 5.64. The predicted molar refractivity (Wildman–Crippen MR) is 113 cm³/mol. The molecule has 1 amide bonds. The van der Waals surface area contributed by atoms with Gasteiger partial charge in [-0.3, -0.25) is 4.98 Å². The summed E-state index contributed by atoms with van der Waals surface area (Å²) < 4.78 is 16.5. The molecule has 0 radical (unpaired) electrons. The number of carbonyl (C=O) groups is 1. The Kier molecular flexibility index (Phi) is 6.51. The molecule has 3 rings (SSSR count). The van der Waals surface area contributed by atoms with Crippen LogP contribution in [0.4, 0.5) is 4.79 Å². The van der Waals surface area contributed by atoms with Crippen LogP contribution >= 0.6 is 0 Å². The van der Waals surface area contributed by atoms with E-state index in [4.69, 9.17) is 14.2 Å². The molecule has 0 saturated heterocycles. The van der Waals surface area contributed by atoms with E-state index < -0.39 is 11.7 Å². The van der Waals surface area contributed by atoms with Gasteiger partial charge in [0.1, 0.15) is 5.60 Å². The van der Waals surface area contributed by atoms with Crippen LogP contribution in [-0.2, 0) is 17.8 Å². The number of nitrogens with one attached hydrogen (secondary N) is 1. The summed E-state index contributed by atoms with van der Waals surface area (Å²) in [5, 5.41) is 13.0. The van der Waals surface area contributed by atoms with Gasteiger partial charge in [0.25, 0.3) is 0 Å². The van der Waals surface area contributed by atoms with Crippen molar-refractivity contribution in [1.29, 1.82) is 0 Å². The van der Waals surface area contributed by atoms with Crippen LogP contribution in [0.2, 0.25) is 0 Å². The van der Waals surface area contributed by atoms with E-state index in [-0.39, 0.29) is 18.6 Å². The van der Waals surface area contributed by atoms with Crippen molar-refractivity contribution in [2.45, 2.75) is 57.8 Å². The molecule has 0 aliphatic heterocycles. The monoisotopic (exact) mass is 414 g/mol. The summed E-state index contributed by atoms with van der Waals surface area (Å²) in [6.45, 7) is 5.37. The van der Waals surface area contributed by atoms with E-state index in [2.05, 4.69) is 10.3 Å². The number of carbonyl (C=O) groups excluding carboxylic acids is 1. The van der Waals surface area contributed by atoms with Crippen LogP contribution in [0, 0.1) is 0 Å². The Labute approximate surface area is 177 Å². The molecular formula is C23H30N2O5. The molecule has 2 N–H and O–H groups in total. The second-order valence-electron chi connectivity index (χ2n) is 8.41. The third-order valence-corrected chi connectivity index (χ3v) is 5.26. The molecule has 0 spiro atoms. The SMILES string of the molecule is COc1cc2c(cc1OC)[C@@H](c1ccncc1CO)[C@H](NC(=O)OC(C)(C)C)CC2. The molecular weight excluding hydrogens is 384 g/mol. The van der Waals surface area contributed by atoms with Crippen molar-refractivity contribution in [3.05, 3.63) is 52.8 Å². The highest BCUT2D eigenvalue weighted by Crippen LogP contribution is 2.43. The Morgan fingerprint density at radius 3 is 2.53 bits per heavy atom. The fourth-order valence-electron chi connectivity index (χ4n) is 4.01. The third kappa shape index (κ3) is 4.67. The number of rotatable bonds is 5. The van der Waals surface area contributed by atoms with E-state index in [9.17, 15) is 9.90 Å². The Morgan fingerprint density at radius 1 is 1.20 bits per heavy atom. The molecule has 1 aromatic heterocycles. The maximum absolute atomic E-state index is 12.6. The average molecular weight is 415 g/mol. The van der Waals surface area contributed by atoms with Crippen molar-refractivity contribution >= 4 is 6.09 Å². The van der Waals surface area contributed by atoms with Crippen molar-refractivity contribution in [2.75, 3.05) is 14.2 Å². The van der Waals surface area contributed by atoms with E-state index >= 15 is 0 Å². The number of hydrogen-bond acceptors (Lipinski definition) is 6. The first-order valence-electron chi connectivity index (χ1n) is 10.0. The number of aromatic nitrogens is 1. The fraction of sp³-hybridized carbons (Fsp3) is 0.478. The molecule has 162 valence electrons. The number of pyridine rings is 1.